The predicted molar refractivity (Wildman–Crippen MR) is 354 cm³/mol. The van der Waals surface area contributed by atoms with Crippen LogP contribution in [0.15, 0.2) is 60.7 Å². The van der Waals surface area contributed by atoms with Gasteiger partial charge in [-0.3, -0.25) is 4.79 Å². The van der Waals surface area contributed by atoms with Gasteiger partial charge in [-0.25, -0.2) is 0 Å². The van der Waals surface area contributed by atoms with Crippen LogP contribution in [0.4, 0.5) is 0 Å². The Morgan fingerprint density at radius 1 is 0.423 bits per heavy atom. The van der Waals surface area contributed by atoms with Gasteiger partial charge in [-0.05, 0) is 96.0 Å². The summed E-state index contributed by atoms with van der Waals surface area (Å²) in [4.78, 5) is 84.6. The minimum absolute atomic E-state index is 0. The Morgan fingerprint density at radius 2 is 0.564 bits per heavy atom. The molecule has 3 rings (SSSR count). The zero-order valence-electron chi connectivity index (χ0n) is 55.0. The zero-order chi connectivity index (χ0) is 62.8. The Kier molecular flexibility index (Phi) is 484. The summed E-state index contributed by atoms with van der Waals surface area (Å²) in [5, 5.41) is 8.06. The van der Waals surface area contributed by atoms with Gasteiger partial charge in [0.15, 0.2) is 0 Å². The van der Waals surface area contributed by atoms with Crippen molar-refractivity contribution in [2.45, 2.75) is 182 Å². The van der Waals surface area contributed by atoms with Gasteiger partial charge < -0.3 is 107 Å². The van der Waals surface area contributed by atoms with Crippen molar-refractivity contribution in [2.75, 3.05) is 34.2 Å². The molecule has 2 aromatic rings. The lowest BCUT2D eigenvalue weighted by Gasteiger charge is -2.24. The standard InChI is InChI=1S/2C8H10.C7H13NO.3C5H12.C3H8O.2C2H6.3CH5N.9CH2O.6H3N.3H2/c2*1-2-8-6-4-3-5-7-8;1-7(9)8-5-3-2-4-6-8;3*1-4-5(2)3;1-3(2)4;14*1-2;;;;;;;;;/h2*3-7H,2H2,1H3;2-6H2,1H3;3*5H,4H2,1-3H3;3-4H,1-2H3;2*1-2H3;3*2H2,1H3;9*1H2;6*1H3;3*1H. The maximum Gasteiger partial charge on any atom is 0.219 e. The topological polar surface area (TPSA) is 482 Å². The number of amides is 1. The molecule has 0 atom stereocenters. The molecular weight excluding hydrogens is 1000 g/mol. The van der Waals surface area contributed by atoms with Crippen molar-refractivity contribution in [1.29, 1.82) is 0 Å². The molecule has 78 heavy (non-hydrogen) atoms. The van der Waals surface area contributed by atoms with Crippen molar-refractivity contribution >= 4 is 67.0 Å². The molecular formula is C57H146N10O11. The fourth-order valence-electron chi connectivity index (χ4n) is 2.64. The van der Waals surface area contributed by atoms with Crippen molar-refractivity contribution in [3.8, 4) is 0 Å². The minimum Gasteiger partial charge on any atom is -0.394 e. The Balaban J connectivity index is -0.0000000155. The number of rotatable bonds is 5. The van der Waals surface area contributed by atoms with Crippen molar-refractivity contribution < 1.29 is 57.3 Å². The van der Waals surface area contributed by atoms with Gasteiger partial charge in [0, 0.05) is 30.4 Å². The first-order chi connectivity index (χ1) is 34.7. The van der Waals surface area contributed by atoms with E-state index in [-0.39, 0.29) is 53.2 Å². The molecule has 21 nitrogen and oxygen atoms in total. The van der Waals surface area contributed by atoms with Crippen molar-refractivity contribution in [3.05, 3.63) is 71.8 Å². The molecule has 1 aliphatic rings. The number of hydrogen-bond donors (Lipinski definition) is 10. The van der Waals surface area contributed by atoms with E-state index in [2.05, 4.69) is 142 Å². The van der Waals surface area contributed by atoms with Crippen LogP contribution in [0.25, 0.3) is 0 Å². The number of aryl methyl sites for hydroxylation is 2. The molecule has 21 heteroatoms. The molecule has 25 N–H and O–H groups in total. The van der Waals surface area contributed by atoms with Gasteiger partial charge in [0.1, 0.15) is 61.1 Å². The van der Waals surface area contributed by atoms with Crippen LogP contribution in [0, 0.1) is 17.8 Å². The average Bonchev–Trinajstić information content (AvgIpc) is 3.49. The molecule has 0 saturated carbocycles. The van der Waals surface area contributed by atoms with Gasteiger partial charge in [-0.1, -0.05) is 184 Å². The molecule has 490 valence electrons. The van der Waals surface area contributed by atoms with Gasteiger partial charge in [0.05, 0.1) is 0 Å². The van der Waals surface area contributed by atoms with Gasteiger partial charge in [-0.15, -0.1) is 0 Å². The summed E-state index contributed by atoms with van der Waals surface area (Å²) in [6, 6.07) is 20.9. The van der Waals surface area contributed by atoms with Crippen molar-refractivity contribution in [3.63, 3.8) is 0 Å². The third-order valence-corrected chi connectivity index (χ3v) is 6.75. The van der Waals surface area contributed by atoms with E-state index < -0.39 is 0 Å². The number of aliphatic hydroxyl groups excluding tert-OH is 1. The number of nitrogens with zero attached hydrogens (tertiary/aromatic N) is 1. The van der Waals surface area contributed by atoms with Crippen molar-refractivity contribution in [1.82, 2.24) is 41.8 Å². The molecule has 0 radical (unpaired) electrons. The van der Waals surface area contributed by atoms with Gasteiger partial charge in [-0.2, -0.15) is 0 Å². The predicted octanol–water partition coefficient (Wildman–Crippen LogP) is 12.9. The highest BCUT2D eigenvalue weighted by molar-refractivity contribution is 5.73. The Bertz CT molecular complexity index is 913. The van der Waals surface area contributed by atoms with Gasteiger partial charge in [0.25, 0.3) is 0 Å². The maximum atomic E-state index is 10.7. The number of likely N-dealkylation sites (tertiary alicyclic amines) is 1. The largest absolute Gasteiger partial charge is 0.394 e. The van der Waals surface area contributed by atoms with Crippen LogP contribution in [-0.4, -0.2) is 117 Å². The van der Waals surface area contributed by atoms with Gasteiger partial charge >= 0.3 is 0 Å². The molecule has 0 unspecified atom stereocenters. The highest BCUT2D eigenvalue weighted by Crippen LogP contribution is 2.07. The number of aliphatic hydroxyl groups is 1. The molecule has 0 aliphatic carbocycles. The average molecular weight is 1150 g/mol. The van der Waals surface area contributed by atoms with E-state index >= 15 is 0 Å². The highest BCUT2D eigenvalue weighted by Gasteiger charge is 2.11. The molecule has 1 amide bonds. The summed E-state index contributed by atoms with van der Waals surface area (Å²) in [5.41, 5.74) is 16.3. The van der Waals surface area contributed by atoms with E-state index in [0.717, 1.165) is 43.7 Å². The summed E-state index contributed by atoms with van der Waals surface area (Å²) in [5.74, 6) is 2.88. The molecule has 1 aliphatic heterocycles. The van der Waals surface area contributed by atoms with Crippen LogP contribution >= 0.6 is 0 Å². The summed E-state index contributed by atoms with van der Waals surface area (Å²) in [6.07, 6.45) is 9.71. The summed E-state index contributed by atoms with van der Waals surface area (Å²) >= 11 is 0. The Labute approximate surface area is 487 Å². The van der Waals surface area contributed by atoms with Crippen LogP contribution in [0.5, 0.6) is 0 Å². The molecule has 0 spiro atoms. The molecule has 1 heterocycles. The Hall–Kier alpha value is -5.46. The van der Waals surface area contributed by atoms with E-state index in [1.165, 1.54) is 70.8 Å². The second kappa shape index (κ2) is 240. The van der Waals surface area contributed by atoms with E-state index in [0.29, 0.717) is 0 Å². The number of piperidine rings is 1. The van der Waals surface area contributed by atoms with Crippen LogP contribution in [-0.2, 0) is 60.8 Å². The molecule has 0 aromatic heterocycles. The summed E-state index contributed by atoms with van der Waals surface area (Å²) < 4.78 is 0. The van der Waals surface area contributed by atoms with E-state index in [1.54, 1.807) is 20.8 Å². The van der Waals surface area contributed by atoms with E-state index in [1.807, 2.05) is 106 Å². The maximum absolute atomic E-state index is 10.7. The third-order valence-electron chi connectivity index (χ3n) is 6.75. The number of nitrogens with two attached hydrogens (primary N) is 3. The first kappa shape index (κ1) is 158. The highest BCUT2D eigenvalue weighted by atomic mass is 16.3. The summed E-state index contributed by atoms with van der Waals surface area (Å²) in [6.45, 7) is 57.3. The minimum atomic E-state index is -0.167. The summed E-state index contributed by atoms with van der Waals surface area (Å²) in [7, 11) is 4.50. The lowest BCUT2D eigenvalue weighted by molar-refractivity contribution is -0.129. The normalized spacial score (nSPS) is 7.32. The number of carbonyl (C=O) groups excluding carboxylic acids is 10. The van der Waals surface area contributed by atoms with E-state index in [9.17, 15) is 4.79 Å². The van der Waals surface area contributed by atoms with Crippen molar-refractivity contribution in [2.24, 2.45) is 35.0 Å². The zero-order valence-corrected chi connectivity index (χ0v) is 55.0. The van der Waals surface area contributed by atoms with Crippen LogP contribution in [0.1, 0.15) is 179 Å². The molecule has 1 fully saturated rings. The number of hydrogen-bond acceptors (Lipinski definition) is 20. The second-order valence-electron chi connectivity index (χ2n) is 12.7. The molecule has 1 saturated heterocycles. The quantitative estimate of drug-likeness (QED) is 0.133. The van der Waals surface area contributed by atoms with Crippen LogP contribution < -0.4 is 54.1 Å². The smallest absolute Gasteiger partial charge is 0.219 e. The third kappa shape index (κ3) is 322. The Morgan fingerprint density at radius 3 is 0.641 bits per heavy atom. The fourth-order valence-corrected chi connectivity index (χ4v) is 2.64. The SMILES string of the molecule is C=O.C=O.C=O.C=O.C=O.C=O.C=O.C=O.C=O.CC.CC.CC(=O)N1CCCCC1.CC(C)O.CCC(C)C.CCC(C)C.CCC(C)C.CCc1ccccc1.CCc1ccccc1.CN.CN.CN.N.N.N.N.N.N.[HH].[HH].[HH]. The van der Waals surface area contributed by atoms with E-state index in [4.69, 9.17) is 48.3 Å². The molecule has 0 bridgehead atoms. The lowest BCUT2D eigenvalue weighted by Crippen LogP contribution is -2.33. The monoisotopic (exact) mass is 1150 g/mol. The van der Waals surface area contributed by atoms with Crippen LogP contribution in [0.2, 0.25) is 0 Å². The van der Waals surface area contributed by atoms with Gasteiger partial charge in [0.2, 0.25) is 5.91 Å². The lowest BCUT2D eigenvalue weighted by atomic mass is 10.1. The fraction of sp³-hybridized carbons (Fsp3) is 0.614. The number of carbonyl (C=O) groups is 10. The first-order valence-corrected chi connectivity index (χ1v) is 24.1. The molecule has 2 aromatic carbocycles. The second-order valence-corrected chi connectivity index (χ2v) is 12.7. The number of benzene rings is 2. The van der Waals surface area contributed by atoms with Crippen LogP contribution in [0.3, 0.4) is 0 Å². The first-order valence-electron chi connectivity index (χ1n) is 24.1.